The molecule has 8 heteroatoms. The Labute approximate surface area is 153 Å². The standard InChI is InChI=1S/C18H19ClF4O3/c1-18(2)11(4-5-19)12(18)6-13(24)26-8-10-16(22)14(20)9(7-25-3)15(21)17(10)23/h4-5,11-12H,6-8H2,1-3H3/b5-4+/t11-,12-/m1/s1. The highest BCUT2D eigenvalue weighted by molar-refractivity contribution is 6.25. The molecule has 2 rings (SSSR count). The maximum absolute atomic E-state index is 14.0. The predicted molar refractivity (Wildman–Crippen MR) is 87.2 cm³/mol. The average Bonchev–Trinajstić information content (AvgIpc) is 3.09. The number of rotatable bonds is 7. The molecule has 1 aliphatic carbocycles. The summed E-state index contributed by atoms with van der Waals surface area (Å²) >= 11 is 5.55. The molecule has 0 bridgehead atoms. The second kappa shape index (κ2) is 7.96. The van der Waals surface area contributed by atoms with E-state index in [9.17, 15) is 22.4 Å². The highest BCUT2D eigenvalue weighted by Gasteiger charge is 2.56. The number of hydrogen-bond donors (Lipinski definition) is 0. The maximum atomic E-state index is 14.0. The zero-order valence-corrected chi connectivity index (χ0v) is 15.3. The summed E-state index contributed by atoms with van der Waals surface area (Å²) in [5, 5.41) is 0. The van der Waals surface area contributed by atoms with Gasteiger partial charge >= 0.3 is 5.97 Å². The fraction of sp³-hybridized carbons (Fsp3) is 0.500. The van der Waals surface area contributed by atoms with Crippen molar-refractivity contribution in [2.45, 2.75) is 33.5 Å². The summed E-state index contributed by atoms with van der Waals surface area (Å²) < 4.78 is 65.0. The van der Waals surface area contributed by atoms with Crippen molar-refractivity contribution in [1.82, 2.24) is 0 Å². The normalized spacial score (nSPS) is 21.2. The molecule has 144 valence electrons. The van der Waals surface area contributed by atoms with Crippen LogP contribution in [0.25, 0.3) is 0 Å². The van der Waals surface area contributed by atoms with Gasteiger partial charge < -0.3 is 9.47 Å². The van der Waals surface area contributed by atoms with Crippen molar-refractivity contribution in [2.75, 3.05) is 7.11 Å². The maximum Gasteiger partial charge on any atom is 0.306 e. The topological polar surface area (TPSA) is 35.5 Å². The fourth-order valence-electron chi connectivity index (χ4n) is 3.15. The molecule has 0 heterocycles. The minimum absolute atomic E-state index is 0.00879. The Morgan fingerprint density at radius 1 is 1.08 bits per heavy atom. The van der Waals surface area contributed by atoms with Crippen molar-refractivity contribution in [1.29, 1.82) is 0 Å². The fourth-order valence-corrected chi connectivity index (χ4v) is 3.31. The van der Waals surface area contributed by atoms with Gasteiger partial charge in [-0.25, -0.2) is 17.6 Å². The number of ether oxygens (including phenoxy) is 2. The van der Waals surface area contributed by atoms with Gasteiger partial charge in [0.2, 0.25) is 0 Å². The second-order valence-corrected chi connectivity index (χ2v) is 7.03. The predicted octanol–water partition coefficient (Wildman–Crippen LogP) is 4.85. The molecule has 0 radical (unpaired) electrons. The van der Waals surface area contributed by atoms with E-state index in [1.165, 1.54) is 5.54 Å². The Balaban J connectivity index is 2.07. The van der Waals surface area contributed by atoms with Gasteiger partial charge in [0, 0.05) is 19.1 Å². The van der Waals surface area contributed by atoms with E-state index < -0.39 is 53.6 Å². The third kappa shape index (κ3) is 3.88. The first-order valence-corrected chi connectivity index (χ1v) is 8.35. The number of carbonyl (C=O) groups is 1. The third-order valence-electron chi connectivity index (χ3n) is 4.92. The minimum atomic E-state index is -1.60. The first kappa shape index (κ1) is 20.7. The molecule has 2 atom stereocenters. The van der Waals surface area contributed by atoms with Crippen LogP contribution in [-0.4, -0.2) is 13.1 Å². The summed E-state index contributed by atoms with van der Waals surface area (Å²) in [5.74, 6) is -6.98. The lowest BCUT2D eigenvalue weighted by molar-refractivity contribution is -0.145. The Hall–Kier alpha value is -1.60. The number of benzene rings is 1. The van der Waals surface area contributed by atoms with E-state index in [0.717, 1.165) is 7.11 Å². The summed E-state index contributed by atoms with van der Waals surface area (Å²) in [6.07, 6.45) is 1.77. The van der Waals surface area contributed by atoms with Crippen molar-refractivity contribution >= 4 is 17.6 Å². The largest absolute Gasteiger partial charge is 0.461 e. The molecule has 0 N–H and O–H groups in total. The molecule has 0 spiro atoms. The van der Waals surface area contributed by atoms with Gasteiger partial charge in [0.05, 0.1) is 17.7 Å². The van der Waals surface area contributed by atoms with E-state index >= 15 is 0 Å². The van der Waals surface area contributed by atoms with Crippen molar-refractivity contribution in [2.24, 2.45) is 17.3 Å². The highest BCUT2D eigenvalue weighted by Crippen LogP contribution is 2.60. The average molecular weight is 395 g/mol. The lowest BCUT2D eigenvalue weighted by Crippen LogP contribution is -2.13. The Bertz CT molecular complexity index is 705. The van der Waals surface area contributed by atoms with Crippen LogP contribution in [0.5, 0.6) is 0 Å². The number of esters is 1. The number of methoxy groups -OCH3 is 1. The van der Waals surface area contributed by atoms with E-state index in [4.69, 9.17) is 16.3 Å². The number of carbonyl (C=O) groups excluding carboxylic acids is 1. The van der Waals surface area contributed by atoms with E-state index in [1.54, 1.807) is 6.08 Å². The Kier molecular flexibility index (Phi) is 6.34. The summed E-state index contributed by atoms with van der Waals surface area (Å²) in [7, 11) is 1.14. The summed E-state index contributed by atoms with van der Waals surface area (Å²) in [6, 6.07) is 0. The van der Waals surface area contributed by atoms with Crippen molar-refractivity contribution < 1.29 is 31.8 Å². The monoisotopic (exact) mass is 394 g/mol. The molecule has 1 aromatic rings. The van der Waals surface area contributed by atoms with Crippen LogP contribution in [-0.2, 0) is 27.5 Å². The summed E-state index contributed by atoms with van der Waals surface area (Å²) in [4.78, 5) is 11.9. The smallest absolute Gasteiger partial charge is 0.306 e. The molecule has 26 heavy (non-hydrogen) atoms. The molecule has 0 amide bonds. The van der Waals surface area contributed by atoms with Gasteiger partial charge in [-0.05, 0) is 17.3 Å². The SMILES string of the molecule is COCc1c(F)c(F)c(COC(=O)C[C@@H]2[C@@H](/C=C/Cl)C2(C)C)c(F)c1F. The minimum Gasteiger partial charge on any atom is -0.461 e. The van der Waals surface area contributed by atoms with Crippen LogP contribution in [0.3, 0.4) is 0 Å². The lowest BCUT2D eigenvalue weighted by Gasteiger charge is -2.12. The Morgan fingerprint density at radius 2 is 1.58 bits per heavy atom. The van der Waals surface area contributed by atoms with Crippen LogP contribution in [0.1, 0.15) is 31.4 Å². The van der Waals surface area contributed by atoms with Crippen molar-refractivity contribution in [3.63, 3.8) is 0 Å². The highest BCUT2D eigenvalue weighted by atomic mass is 35.5. The van der Waals surface area contributed by atoms with E-state index in [1.807, 2.05) is 13.8 Å². The van der Waals surface area contributed by atoms with Crippen LogP contribution < -0.4 is 0 Å². The molecule has 1 aliphatic rings. The van der Waals surface area contributed by atoms with Crippen LogP contribution in [0.15, 0.2) is 11.6 Å². The van der Waals surface area contributed by atoms with Crippen molar-refractivity contribution in [3.05, 3.63) is 46.0 Å². The van der Waals surface area contributed by atoms with Gasteiger partial charge in [0.15, 0.2) is 23.3 Å². The van der Waals surface area contributed by atoms with Gasteiger partial charge in [-0.3, -0.25) is 4.79 Å². The second-order valence-electron chi connectivity index (χ2n) is 6.78. The van der Waals surface area contributed by atoms with Gasteiger partial charge in [0.25, 0.3) is 0 Å². The van der Waals surface area contributed by atoms with Crippen LogP contribution in [0.4, 0.5) is 17.6 Å². The quantitative estimate of drug-likeness (QED) is 0.377. The summed E-state index contributed by atoms with van der Waals surface area (Å²) in [6.45, 7) is 2.37. The number of halogens is 5. The molecule has 0 aromatic heterocycles. The molecular formula is C18H19ClF4O3. The van der Waals surface area contributed by atoms with Crippen LogP contribution in [0.2, 0.25) is 0 Å². The molecular weight excluding hydrogens is 376 g/mol. The molecule has 0 saturated heterocycles. The van der Waals surface area contributed by atoms with Crippen LogP contribution >= 0.6 is 11.6 Å². The lowest BCUT2D eigenvalue weighted by atomic mass is 10.1. The molecule has 1 aromatic carbocycles. The van der Waals surface area contributed by atoms with E-state index in [0.29, 0.717) is 0 Å². The van der Waals surface area contributed by atoms with Gasteiger partial charge in [-0.2, -0.15) is 0 Å². The molecule has 3 nitrogen and oxygen atoms in total. The summed E-state index contributed by atoms with van der Waals surface area (Å²) in [5.41, 5.74) is -0.607. The molecule has 1 saturated carbocycles. The van der Waals surface area contributed by atoms with Gasteiger partial charge in [-0.1, -0.05) is 31.5 Å². The van der Waals surface area contributed by atoms with Gasteiger partial charge in [0.1, 0.15) is 6.61 Å². The third-order valence-corrected chi connectivity index (χ3v) is 5.06. The van der Waals surface area contributed by atoms with E-state index in [2.05, 4.69) is 4.74 Å². The molecule has 0 aliphatic heterocycles. The molecule has 0 unspecified atom stereocenters. The zero-order chi connectivity index (χ0) is 19.6. The van der Waals surface area contributed by atoms with E-state index in [-0.39, 0.29) is 23.7 Å². The van der Waals surface area contributed by atoms with Crippen molar-refractivity contribution in [3.8, 4) is 0 Å². The first-order chi connectivity index (χ1) is 12.2. The first-order valence-electron chi connectivity index (χ1n) is 7.91. The number of allylic oxidation sites excluding steroid dienone is 1. The Morgan fingerprint density at radius 3 is 2.04 bits per heavy atom. The van der Waals surface area contributed by atoms with Gasteiger partial charge in [-0.15, -0.1) is 0 Å². The molecule has 1 fully saturated rings. The zero-order valence-electron chi connectivity index (χ0n) is 14.5. The van der Waals surface area contributed by atoms with Crippen LogP contribution in [0, 0.1) is 40.5 Å². The number of hydrogen-bond acceptors (Lipinski definition) is 3.